The molecule has 154 valence electrons. The number of ether oxygens (including phenoxy) is 1. The monoisotopic (exact) mass is 410 g/mol. The Labute approximate surface area is 165 Å². The van der Waals surface area contributed by atoms with Gasteiger partial charge >= 0.3 is 5.97 Å². The van der Waals surface area contributed by atoms with Crippen molar-refractivity contribution in [1.29, 1.82) is 0 Å². The molecule has 8 nitrogen and oxygen atoms in total. The quantitative estimate of drug-likeness (QED) is 0.648. The van der Waals surface area contributed by atoms with Crippen LogP contribution in [0.5, 0.6) is 0 Å². The summed E-state index contributed by atoms with van der Waals surface area (Å²) in [7, 11) is -1.93. The number of benzene rings is 1. The number of hydrogen-bond donors (Lipinski definition) is 0. The van der Waals surface area contributed by atoms with Crippen molar-refractivity contribution in [1.82, 2.24) is 9.80 Å². The molecule has 2 amide bonds. The first-order chi connectivity index (χ1) is 13.1. The first-order valence-corrected chi connectivity index (χ1v) is 11.0. The highest BCUT2D eigenvalue weighted by atomic mass is 32.2. The van der Waals surface area contributed by atoms with Crippen molar-refractivity contribution >= 4 is 27.6 Å². The van der Waals surface area contributed by atoms with Gasteiger partial charge < -0.3 is 14.5 Å². The molecule has 0 spiro atoms. The third kappa shape index (κ3) is 5.54. The Morgan fingerprint density at radius 2 is 1.86 bits per heavy atom. The molecule has 0 saturated carbocycles. The van der Waals surface area contributed by atoms with Crippen LogP contribution >= 0.6 is 0 Å². The Morgan fingerprint density at radius 1 is 1.21 bits per heavy atom. The smallest absolute Gasteiger partial charge is 0.309 e. The molecule has 0 aromatic heterocycles. The number of likely N-dealkylation sites (tertiary alicyclic amines) is 1. The van der Waals surface area contributed by atoms with Crippen molar-refractivity contribution in [3.8, 4) is 0 Å². The summed E-state index contributed by atoms with van der Waals surface area (Å²) in [6.07, 6.45) is 2.15. The van der Waals surface area contributed by atoms with Gasteiger partial charge in [-0.25, -0.2) is 8.42 Å². The predicted octanol–water partition coefficient (Wildman–Crippen LogP) is 0.964. The molecule has 0 radical (unpaired) electrons. The Hall–Kier alpha value is -2.42. The first kappa shape index (κ1) is 21.9. The van der Waals surface area contributed by atoms with E-state index in [1.807, 2.05) is 0 Å². The number of esters is 1. The molecule has 0 aliphatic carbocycles. The van der Waals surface area contributed by atoms with E-state index in [1.165, 1.54) is 36.2 Å². The Bertz CT molecular complexity index is 844. The van der Waals surface area contributed by atoms with E-state index in [1.54, 1.807) is 11.8 Å². The number of hydrogen-bond acceptors (Lipinski definition) is 6. The van der Waals surface area contributed by atoms with Gasteiger partial charge in [-0.05, 0) is 38.0 Å². The summed E-state index contributed by atoms with van der Waals surface area (Å²) in [5.74, 6) is -1.06. The second-order valence-corrected chi connectivity index (χ2v) is 8.88. The minimum Gasteiger partial charge on any atom is -0.466 e. The van der Waals surface area contributed by atoms with Gasteiger partial charge in [0, 0.05) is 32.0 Å². The number of carbonyl (C=O) groups is 3. The van der Waals surface area contributed by atoms with Gasteiger partial charge in [0.05, 0.1) is 24.0 Å². The van der Waals surface area contributed by atoms with Crippen LogP contribution in [0, 0.1) is 5.92 Å². The molecular weight excluding hydrogens is 384 g/mol. The van der Waals surface area contributed by atoms with Crippen molar-refractivity contribution < 1.29 is 27.5 Å². The SMILES string of the molecule is CCOC(=O)C1CCN(C(=O)CN(C)C(=O)c2cccc(S(C)(=O)=O)c2)CC1. The van der Waals surface area contributed by atoms with Crippen LogP contribution in [0.4, 0.5) is 0 Å². The van der Waals surface area contributed by atoms with E-state index in [9.17, 15) is 22.8 Å². The highest BCUT2D eigenvalue weighted by molar-refractivity contribution is 7.90. The fraction of sp³-hybridized carbons (Fsp3) is 0.526. The van der Waals surface area contributed by atoms with Gasteiger partial charge in [0.15, 0.2) is 9.84 Å². The zero-order chi connectivity index (χ0) is 20.9. The molecule has 1 heterocycles. The highest BCUT2D eigenvalue weighted by Gasteiger charge is 2.29. The second kappa shape index (κ2) is 9.18. The van der Waals surface area contributed by atoms with E-state index in [0.29, 0.717) is 32.5 Å². The Kier molecular flexibility index (Phi) is 7.17. The molecular formula is C19H26N2O6S. The molecule has 1 aliphatic heterocycles. The molecule has 0 bridgehead atoms. The minimum absolute atomic E-state index is 0.0547. The molecule has 1 aliphatic rings. The van der Waals surface area contributed by atoms with Crippen LogP contribution in [-0.4, -0.2) is 75.5 Å². The van der Waals surface area contributed by atoms with Crippen molar-refractivity contribution in [2.45, 2.75) is 24.7 Å². The maximum absolute atomic E-state index is 12.6. The fourth-order valence-electron chi connectivity index (χ4n) is 3.08. The molecule has 1 aromatic carbocycles. The van der Waals surface area contributed by atoms with Gasteiger partial charge in [0.25, 0.3) is 5.91 Å². The second-order valence-electron chi connectivity index (χ2n) is 6.87. The zero-order valence-electron chi connectivity index (χ0n) is 16.4. The summed E-state index contributed by atoms with van der Waals surface area (Å²) in [6.45, 7) is 2.86. The number of amides is 2. The summed E-state index contributed by atoms with van der Waals surface area (Å²) in [5.41, 5.74) is 0.208. The molecule has 28 heavy (non-hydrogen) atoms. The van der Waals surface area contributed by atoms with Gasteiger partial charge in [0.2, 0.25) is 5.91 Å². The van der Waals surface area contributed by atoms with Gasteiger partial charge in [-0.3, -0.25) is 14.4 Å². The summed E-state index contributed by atoms with van der Waals surface area (Å²) >= 11 is 0. The van der Waals surface area contributed by atoms with Crippen LogP contribution in [0.1, 0.15) is 30.1 Å². The zero-order valence-corrected chi connectivity index (χ0v) is 17.2. The average Bonchev–Trinajstić information content (AvgIpc) is 2.67. The lowest BCUT2D eigenvalue weighted by atomic mass is 9.97. The fourth-order valence-corrected chi connectivity index (χ4v) is 3.75. The third-order valence-electron chi connectivity index (χ3n) is 4.70. The van der Waals surface area contributed by atoms with Crippen LogP contribution in [0.3, 0.4) is 0 Å². The summed E-state index contributed by atoms with van der Waals surface area (Å²) < 4.78 is 28.3. The highest BCUT2D eigenvalue weighted by Crippen LogP contribution is 2.19. The maximum atomic E-state index is 12.6. The molecule has 2 rings (SSSR count). The van der Waals surface area contributed by atoms with Crippen LogP contribution in [0.15, 0.2) is 29.2 Å². The first-order valence-electron chi connectivity index (χ1n) is 9.13. The van der Waals surface area contributed by atoms with Gasteiger partial charge in [-0.2, -0.15) is 0 Å². The van der Waals surface area contributed by atoms with E-state index >= 15 is 0 Å². The van der Waals surface area contributed by atoms with E-state index in [-0.39, 0.29) is 34.8 Å². The lowest BCUT2D eigenvalue weighted by Crippen LogP contribution is -2.45. The van der Waals surface area contributed by atoms with E-state index < -0.39 is 15.7 Å². The van der Waals surface area contributed by atoms with Gasteiger partial charge in [-0.15, -0.1) is 0 Å². The standard InChI is InChI=1S/C19H26N2O6S/c1-4-27-19(24)14-8-10-21(11-9-14)17(22)13-20(2)18(23)15-6-5-7-16(12-15)28(3,25)26/h5-7,12,14H,4,8-11,13H2,1-3H3. The lowest BCUT2D eigenvalue weighted by Gasteiger charge is -2.32. The number of carbonyl (C=O) groups excluding carboxylic acids is 3. The average molecular weight is 410 g/mol. The molecule has 1 fully saturated rings. The number of rotatable bonds is 6. The molecule has 0 N–H and O–H groups in total. The van der Waals surface area contributed by atoms with E-state index in [2.05, 4.69) is 0 Å². The normalized spacial score (nSPS) is 15.2. The van der Waals surface area contributed by atoms with Crippen LogP contribution in [0.2, 0.25) is 0 Å². The topological polar surface area (TPSA) is 101 Å². The molecule has 1 saturated heterocycles. The number of sulfone groups is 1. The van der Waals surface area contributed by atoms with Crippen molar-refractivity contribution in [3.63, 3.8) is 0 Å². The molecule has 0 atom stereocenters. The number of piperidine rings is 1. The Balaban J connectivity index is 1.94. The van der Waals surface area contributed by atoms with Gasteiger partial charge in [-0.1, -0.05) is 6.07 Å². The summed E-state index contributed by atoms with van der Waals surface area (Å²) in [4.78, 5) is 39.8. The van der Waals surface area contributed by atoms with Crippen molar-refractivity contribution in [2.24, 2.45) is 5.92 Å². The maximum Gasteiger partial charge on any atom is 0.309 e. The minimum atomic E-state index is -3.42. The van der Waals surface area contributed by atoms with Crippen LogP contribution in [0.25, 0.3) is 0 Å². The Morgan fingerprint density at radius 3 is 2.43 bits per heavy atom. The van der Waals surface area contributed by atoms with Crippen LogP contribution in [-0.2, 0) is 24.2 Å². The largest absolute Gasteiger partial charge is 0.466 e. The van der Waals surface area contributed by atoms with Crippen molar-refractivity contribution in [2.75, 3.05) is 39.5 Å². The molecule has 1 aromatic rings. The molecule has 0 unspecified atom stereocenters. The van der Waals surface area contributed by atoms with Crippen LogP contribution < -0.4 is 0 Å². The van der Waals surface area contributed by atoms with Gasteiger partial charge in [0.1, 0.15) is 0 Å². The number of nitrogens with zero attached hydrogens (tertiary/aromatic N) is 2. The van der Waals surface area contributed by atoms with E-state index in [4.69, 9.17) is 4.74 Å². The third-order valence-corrected chi connectivity index (χ3v) is 5.81. The number of likely N-dealkylation sites (N-methyl/N-ethyl adjacent to an activating group) is 1. The van der Waals surface area contributed by atoms with E-state index in [0.717, 1.165) is 6.26 Å². The lowest BCUT2D eigenvalue weighted by molar-refractivity contribution is -0.151. The predicted molar refractivity (Wildman–Crippen MR) is 102 cm³/mol. The van der Waals surface area contributed by atoms with Crippen molar-refractivity contribution in [3.05, 3.63) is 29.8 Å². The molecule has 9 heteroatoms. The summed E-state index contributed by atoms with van der Waals surface area (Å²) in [5, 5.41) is 0. The summed E-state index contributed by atoms with van der Waals surface area (Å²) in [6, 6.07) is 5.75.